The van der Waals surface area contributed by atoms with Gasteiger partial charge in [-0.25, -0.2) is 14.0 Å². The van der Waals surface area contributed by atoms with Crippen LogP contribution in [0.1, 0.15) is 50.5 Å². The van der Waals surface area contributed by atoms with Crippen molar-refractivity contribution in [2.45, 2.75) is 56.6 Å². The van der Waals surface area contributed by atoms with Crippen LogP contribution >= 0.6 is 0 Å². The van der Waals surface area contributed by atoms with Crippen LogP contribution in [0.3, 0.4) is 0 Å². The SMILES string of the molecule is CNCC(CC1CCCOC1)NC(=O)N1CCC[C@@H]([C@@](O)(CCCNC(=O)O)c2cccc(F)c2)C1. The maximum atomic E-state index is 14.1. The minimum absolute atomic E-state index is 0.0289. The van der Waals surface area contributed by atoms with Crippen LogP contribution in [0.5, 0.6) is 0 Å². The molecule has 0 aliphatic carbocycles. The van der Waals surface area contributed by atoms with Gasteiger partial charge in [0.05, 0.1) is 5.60 Å². The van der Waals surface area contributed by atoms with Gasteiger partial charge in [0.25, 0.3) is 0 Å². The summed E-state index contributed by atoms with van der Waals surface area (Å²) in [5, 5.41) is 29.4. The molecule has 2 unspecified atom stereocenters. The van der Waals surface area contributed by atoms with E-state index in [2.05, 4.69) is 16.0 Å². The lowest BCUT2D eigenvalue weighted by Gasteiger charge is -2.43. The number of hydrogen-bond donors (Lipinski definition) is 5. The lowest BCUT2D eigenvalue weighted by molar-refractivity contribution is -0.0554. The third kappa shape index (κ3) is 8.04. The van der Waals surface area contributed by atoms with E-state index in [1.165, 1.54) is 12.1 Å². The second-order valence-electron chi connectivity index (χ2n) is 10.1. The molecule has 0 spiro atoms. The Labute approximate surface area is 212 Å². The number of likely N-dealkylation sites (tertiary alicyclic amines) is 1. The first-order valence-electron chi connectivity index (χ1n) is 13.0. The van der Waals surface area contributed by atoms with Gasteiger partial charge < -0.3 is 35.8 Å². The predicted octanol–water partition coefficient (Wildman–Crippen LogP) is 2.89. The van der Waals surface area contributed by atoms with Gasteiger partial charge in [-0.3, -0.25) is 0 Å². The van der Waals surface area contributed by atoms with Crippen LogP contribution in [0.15, 0.2) is 24.3 Å². The van der Waals surface area contributed by atoms with Gasteiger partial charge in [-0.1, -0.05) is 12.1 Å². The standard InChI is InChI=1S/C26H41FN4O5/c1-28-16-23(14-19-6-4-13-36-18-19)30-24(32)31-12-3-8-21(17-31)26(35,10-5-11-29-25(33)34)20-7-2-9-22(27)15-20/h2,7,9,15,19,21,23,28-29,35H,3-6,8,10-14,16-18H2,1H3,(H,30,32)(H,33,34)/t19?,21-,23?,26-/m1/s1. The summed E-state index contributed by atoms with van der Waals surface area (Å²) < 4.78 is 19.7. The normalized spacial score (nSPS) is 22.9. The Morgan fingerprint density at radius 1 is 1.31 bits per heavy atom. The van der Waals surface area contributed by atoms with Crippen molar-refractivity contribution in [1.29, 1.82) is 0 Å². The van der Waals surface area contributed by atoms with Gasteiger partial charge in [-0.15, -0.1) is 0 Å². The number of carbonyl (C=O) groups is 2. The third-order valence-electron chi connectivity index (χ3n) is 7.37. The first-order valence-corrected chi connectivity index (χ1v) is 13.0. The Hall–Kier alpha value is -2.43. The fraction of sp³-hybridized carbons (Fsp3) is 0.692. The molecule has 2 saturated heterocycles. The summed E-state index contributed by atoms with van der Waals surface area (Å²) in [5.74, 6) is -0.330. The zero-order valence-electron chi connectivity index (χ0n) is 21.2. The first-order chi connectivity index (χ1) is 17.3. The Bertz CT molecular complexity index is 853. The van der Waals surface area contributed by atoms with E-state index in [0.717, 1.165) is 38.9 Å². The van der Waals surface area contributed by atoms with Crippen LogP contribution < -0.4 is 16.0 Å². The van der Waals surface area contributed by atoms with Gasteiger partial charge in [0.15, 0.2) is 0 Å². The highest BCUT2D eigenvalue weighted by Gasteiger charge is 2.41. The highest BCUT2D eigenvalue weighted by atomic mass is 19.1. The summed E-state index contributed by atoms with van der Waals surface area (Å²) in [6.45, 7) is 3.28. The summed E-state index contributed by atoms with van der Waals surface area (Å²) in [4.78, 5) is 25.8. The molecule has 10 heteroatoms. The zero-order chi connectivity index (χ0) is 26.0. The number of amides is 3. The summed E-state index contributed by atoms with van der Waals surface area (Å²) in [7, 11) is 1.87. The minimum atomic E-state index is -1.38. The number of benzene rings is 1. The van der Waals surface area contributed by atoms with Crippen molar-refractivity contribution in [2.75, 3.05) is 46.4 Å². The smallest absolute Gasteiger partial charge is 0.404 e. The molecule has 2 aliphatic rings. The molecular formula is C26H41FN4O5. The molecule has 9 nitrogen and oxygen atoms in total. The number of nitrogens with zero attached hydrogens (tertiary/aromatic N) is 1. The van der Waals surface area contributed by atoms with E-state index >= 15 is 0 Å². The van der Waals surface area contributed by atoms with Crippen LogP contribution in [0.25, 0.3) is 0 Å². The largest absolute Gasteiger partial charge is 0.465 e. The molecule has 5 N–H and O–H groups in total. The van der Waals surface area contributed by atoms with Gasteiger partial charge in [-0.05, 0) is 75.6 Å². The minimum Gasteiger partial charge on any atom is -0.465 e. The van der Waals surface area contributed by atoms with Crippen molar-refractivity contribution in [3.05, 3.63) is 35.6 Å². The fourth-order valence-corrected chi connectivity index (χ4v) is 5.55. The molecule has 2 aliphatic heterocycles. The average Bonchev–Trinajstić information content (AvgIpc) is 2.87. The van der Waals surface area contributed by atoms with Crippen molar-refractivity contribution < 1.29 is 28.9 Å². The second-order valence-corrected chi connectivity index (χ2v) is 10.1. The molecule has 3 amide bonds. The van der Waals surface area contributed by atoms with Crippen molar-refractivity contribution in [1.82, 2.24) is 20.9 Å². The Morgan fingerprint density at radius 3 is 2.83 bits per heavy atom. The molecule has 0 radical (unpaired) electrons. The van der Waals surface area contributed by atoms with E-state index in [9.17, 15) is 19.1 Å². The van der Waals surface area contributed by atoms with Gasteiger partial charge in [0.2, 0.25) is 0 Å². The Morgan fingerprint density at radius 2 is 2.14 bits per heavy atom. The molecule has 0 saturated carbocycles. The number of hydrogen-bond acceptors (Lipinski definition) is 5. The molecule has 2 heterocycles. The van der Waals surface area contributed by atoms with Crippen LogP contribution in [0.4, 0.5) is 14.0 Å². The second kappa shape index (κ2) is 13.8. The summed E-state index contributed by atoms with van der Waals surface area (Å²) in [5.41, 5.74) is -0.930. The summed E-state index contributed by atoms with van der Waals surface area (Å²) in [6, 6.07) is 5.73. The average molecular weight is 509 g/mol. The Balaban J connectivity index is 1.68. The first kappa shape index (κ1) is 28.1. The van der Waals surface area contributed by atoms with Crippen molar-refractivity contribution in [3.63, 3.8) is 0 Å². The number of likely N-dealkylation sites (N-methyl/N-ethyl adjacent to an activating group) is 1. The van der Waals surface area contributed by atoms with E-state index in [0.29, 0.717) is 44.0 Å². The Kier molecular flexibility index (Phi) is 10.8. The summed E-state index contributed by atoms with van der Waals surface area (Å²) >= 11 is 0. The predicted molar refractivity (Wildman–Crippen MR) is 134 cm³/mol. The van der Waals surface area contributed by atoms with Gasteiger partial charge in [0, 0.05) is 51.4 Å². The number of piperidine rings is 1. The van der Waals surface area contributed by atoms with Crippen molar-refractivity contribution >= 4 is 12.1 Å². The number of carbonyl (C=O) groups excluding carboxylic acids is 1. The molecule has 202 valence electrons. The molecule has 1 aromatic rings. The number of rotatable bonds is 11. The zero-order valence-corrected chi connectivity index (χ0v) is 21.2. The maximum absolute atomic E-state index is 14.1. The number of aliphatic hydroxyl groups is 1. The fourth-order valence-electron chi connectivity index (χ4n) is 5.55. The molecule has 0 bridgehead atoms. The van der Waals surface area contributed by atoms with Crippen molar-refractivity contribution in [3.8, 4) is 0 Å². The number of nitrogens with one attached hydrogen (secondary N) is 3. The highest BCUT2D eigenvalue weighted by molar-refractivity contribution is 5.74. The molecular weight excluding hydrogens is 467 g/mol. The number of halogens is 1. The van der Waals surface area contributed by atoms with Crippen LogP contribution in [-0.4, -0.2) is 79.7 Å². The number of carboxylic acid groups (broad SMARTS) is 1. The number of ether oxygens (including phenoxy) is 1. The molecule has 1 aromatic carbocycles. The van der Waals surface area contributed by atoms with Crippen molar-refractivity contribution in [2.24, 2.45) is 11.8 Å². The molecule has 36 heavy (non-hydrogen) atoms. The summed E-state index contributed by atoms with van der Waals surface area (Å²) in [6.07, 6.45) is 3.89. The lowest BCUT2D eigenvalue weighted by Crippen LogP contribution is -2.54. The molecule has 0 aromatic heterocycles. The van der Waals surface area contributed by atoms with E-state index in [1.54, 1.807) is 17.0 Å². The van der Waals surface area contributed by atoms with E-state index in [1.807, 2.05) is 7.05 Å². The van der Waals surface area contributed by atoms with Crippen LogP contribution in [-0.2, 0) is 10.3 Å². The topological polar surface area (TPSA) is 123 Å². The molecule has 4 atom stereocenters. The number of urea groups is 1. The quantitative estimate of drug-likeness (QED) is 0.293. The van der Waals surface area contributed by atoms with E-state index in [4.69, 9.17) is 9.84 Å². The highest BCUT2D eigenvalue weighted by Crippen LogP contribution is 2.39. The van der Waals surface area contributed by atoms with Crippen LogP contribution in [0, 0.1) is 17.7 Å². The van der Waals surface area contributed by atoms with Crippen LogP contribution in [0.2, 0.25) is 0 Å². The molecule has 3 rings (SSSR count). The lowest BCUT2D eigenvalue weighted by atomic mass is 9.74. The maximum Gasteiger partial charge on any atom is 0.404 e. The van der Waals surface area contributed by atoms with E-state index < -0.39 is 17.5 Å². The van der Waals surface area contributed by atoms with Gasteiger partial charge in [0.1, 0.15) is 5.82 Å². The third-order valence-corrected chi connectivity index (χ3v) is 7.37. The van der Waals surface area contributed by atoms with E-state index in [-0.39, 0.29) is 31.0 Å². The van der Waals surface area contributed by atoms with Gasteiger partial charge >= 0.3 is 12.1 Å². The monoisotopic (exact) mass is 508 g/mol. The van der Waals surface area contributed by atoms with Gasteiger partial charge in [-0.2, -0.15) is 0 Å². The molecule has 2 fully saturated rings.